The SMILES string of the molecule is COc1ccc(S(=O)(=O)N[C@@H]2CC[C@H](CCNC(=O)c3ccccc3F)O[C@H]2CO)cc1. The summed E-state index contributed by atoms with van der Waals surface area (Å²) in [4.78, 5) is 12.2. The summed E-state index contributed by atoms with van der Waals surface area (Å²) in [7, 11) is -2.30. The van der Waals surface area contributed by atoms with Crippen LogP contribution in [0.15, 0.2) is 53.4 Å². The largest absolute Gasteiger partial charge is 0.497 e. The van der Waals surface area contributed by atoms with Crippen molar-refractivity contribution in [1.29, 1.82) is 0 Å². The number of amides is 1. The van der Waals surface area contributed by atoms with Crippen LogP contribution in [0.3, 0.4) is 0 Å². The minimum Gasteiger partial charge on any atom is -0.497 e. The van der Waals surface area contributed by atoms with E-state index in [1.54, 1.807) is 18.2 Å². The van der Waals surface area contributed by atoms with Crippen molar-refractivity contribution in [1.82, 2.24) is 10.0 Å². The van der Waals surface area contributed by atoms with E-state index >= 15 is 0 Å². The Balaban J connectivity index is 1.52. The van der Waals surface area contributed by atoms with E-state index in [1.807, 2.05) is 0 Å². The first-order valence-corrected chi connectivity index (χ1v) is 11.8. The van der Waals surface area contributed by atoms with Gasteiger partial charge in [-0.25, -0.2) is 17.5 Å². The minimum absolute atomic E-state index is 0.0294. The topological polar surface area (TPSA) is 114 Å². The summed E-state index contributed by atoms with van der Waals surface area (Å²) < 4.78 is 52.6. The normalized spacial score (nSPS) is 21.2. The van der Waals surface area contributed by atoms with Crippen molar-refractivity contribution in [2.24, 2.45) is 0 Å². The lowest BCUT2D eigenvalue weighted by Crippen LogP contribution is -2.51. The third kappa shape index (κ3) is 6.04. The Morgan fingerprint density at radius 1 is 1.19 bits per heavy atom. The van der Waals surface area contributed by atoms with E-state index in [1.165, 1.54) is 37.4 Å². The van der Waals surface area contributed by atoms with Crippen molar-refractivity contribution >= 4 is 15.9 Å². The third-order valence-electron chi connectivity index (χ3n) is 5.34. The van der Waals surface area contributed by atoms with Gasteiger partial charge in [-0.2, -0.15) is 0 Å². The van der Waals surface area contributed by atoms with Crippen LogP contribution in [0.1, 0.15) is 29.6 Å². The van der Waals surface area contributed by atoms with Gasteiger partial charge in [-0.3, -0.25) is 4.79 Å². The molecule has 0 unspecified atom stereocenters. The highest BCUT2D eigenvalue weighted by atomic mass is 32.2. The fourth-order valence-electron chi connectivity index (χ4n) is 3.59. The van der Waals surface area contributed by atoms with Gasteiger partial charge in [-0.05, 0) is 55.7 Å². The van der Waals surface area contributed by atoms with Crippen molar-refractivity contribution in [3.63, 3.8) is 0 Å². The van der Waals surface area contributed by atoms with Gasteiger partial charge in [0.15, 0.2) is 0 Å². The number of methoxy groups -OCH3 is 1. The third-order valence-corrected chi connectivity index (χ3v) is 6.85. The van der Waals surface area contributed by atoms with Crippen LogP contribution in [0, 0.1) is 5.82 Å². The zero-order valence-corrected chi connectivity index (χ0v) is 18.5. The number of carbonyl (C=O) groups is 1. The maximum Gasteiger partial charge on any atom is 0.254 e. The van der Waals surface area contributed by atoms with E-state index in [0.717, 1.165) is 0 Å². The quantitative estimate of drug-likeness (QED) is 0.520. The number of sulfonamides is 1. The maximum absolute atomic E-state index is 13.7. The monoisotopic (exact) mass is 466 g/mol. The summed E-state index contributed by atoms with van der Waals surface area (Å²) in [6.07, 6.45) is 0.474. The number of nitrogens with one attached hydrogen (secondary N) is 2. The number of hydrogen-bond acceptors (Lipinski definition) is 6. The molecule has 1 heterocycles. The van der Waals surface area contributed by atoms with Crippen LogP contribution in [-0.4, -0.2) is 57.9 Å². The van der Waals surface area contributed by atoms with Crippen molar-refractivity contribution in [3.05, 3.63) is 59.9 Å². The number of hydrogen-bond donors (Lipinski definition) is 3. The van der Waals surface area contributed by atoms with Crippen LogP contribution in [-0.2, 0) is 14.8 Å². The van der Waals surface area contributed by atoms with Gasteiger partial charge in [0.05, 0.1) is 42.4 Å². The number of carbonyl (C=O) groups excluding carboxylic acids is 1. The molecule has 3 atom stereocenters. The second kappa shape index (κ2) is 10.9. The Hall–Kier alpha value is -2.53. The second-order valence-electron chi connectivity index (χ2n) is 7.48. The highest BCUT2D eigenvalue weighted by Crippen LogP contribution is 2.24. The molecule has 1 aliphatic heterocycles. The highest BCUT2D eigenvalue weighted by molar-refractivity contribution is 7.89. The smallest absolute Gasteiger partial charge is 0.254 e. The van der Waals surface area contributed by atoms with Gasteiger partial charge in [0.25, 0.3) is 5.91 Å². The Labute approximate surface area is 186 Å². The molecule has 2 aromatic rings. The average Bonchev–Trinajstić information content (AvgIpc) is 2.80. The Morgan fingerprint density at radius 3 is 2.56 bits per heavy atom. The molecule has 1 saturated heterocycles. The molecule has 0 bridgehead atoms. The lowest BCUT2D eigenvalue weighted by molar-refractivity contribution is -0.0871. The molecular formula is C22H27FN2O6S. The Kier molecular flexibility index (Phi) is 8.19. The highest BCUT2D eigenvalue weighted by Gasteiger charge is 2.34. The number of aliphatic hydroxyl groups excluding tert-OH is 1. The first kappa shape index (κ1) is 24.1. The van der Waals surface area contributed by atoms with E-state index in [4.69, 9.17) is 9.47 Å². The molecule has 1 fully saturated rings. The lowest BCUT2D eigenvalue weighted by atomic mass is 9.98. The van der Waals surface area contributed by atoms with Crippen molar-refractivity contribution in [3.8, 4) is 5.75 Å². The zero-order valence-electron chi connectivity index (χ0n) is 17.7. The minimum atomic E-state index is -3.80. The number of halogens is 1. The van der Waals surface area contributed by atoms with Gasteiger partial charge in [0, 0.05) is 6.54 Å². The molecule has 174 valence electrons. The standard InChI is InChI=1S/C22H27FN2O6S/c1-30-15-6-9-17(10-7-15)32(28,29)25-20-11-8-16(31-21(20)14-26)12-13-24-22(27)18-4-2-3-5-19(18)23/h2-7,9-10,16,20-21,25-26H,8,11-14H2,1H3,(H,24,27)/t16-,20-,21+/m1/s1. The molecule has 0 radical (unpaired) electrons. The molecule has 0 aromatic heterocycles. The van der Waals surface area contributed by atoms with E-state index in [9.17, 15) is 22.7 Å². The molecule has 0 aliphatic carbocycles. The summed E-state index contributed by atoms with van der Waals surface area (Å²) in [6.45, 7) is -0.0912. The molecule has 3 N–H and O–H groups in total. The van der Waals surface area contributed by atoms with Gasteiger partial charge in [0.1, 0.15) is 11.6 Å². The summed E-state index contributed by atoms with van der Waals surface area (Å²) in [5.41, 5.74) is -0.0294. The van der Waals surface area contributed by atoms with Crippen molar-refractivity contribution in [2.75, 3.05) is 20.3 Å². The summed E-state index contributed by atoms with van der Waals surface area (Å²) >= 11 is 0. The Morgan fingerprint density at radius 2 is 1.91 bits per heavy atom. The number of ether oxygens (including phenoxy) is 2. The second-order valence-corrected chi connectivity index (χ2v) is 9.20. The van der Waals surface area contributed by atoms with E-state index in [0.29, 0.717) is 25.0 Å². The molecule has 2 aromatic carbocycles. The number of aliphatic hydroxyl groups is 1. The van der Waals surface area contributed by atoms with E-state index in [2.05, 4.69) is 10.0 Å². The van der Waals surface area contributed by atoms with Crippen LogP contribution < -0.4 is 14.8 Å². The molecule has 0 saturated carbocycles. The summed E-state index contributed by atoms with van der Waals surface area (Å²) in [5, 5.41) is 12.4. The van der Waals surface area contributed by atoms with Crippen LogP contribution in [0.25, 0.3) is 0 Å². The fraction of sp³-hybridized carbons (Fsp3) is 0.409. The molecule has 3 rings (SSSR count). The molecule has 1 aliphatic rings. The van der Waals surface area contributed by atoms with Gasteiger partial charge in [0.2, 0.25) is 10.0 Å². The van der Waals surface area contributed by atoms with E-state index in [-0.39, 0.29) is 29.7 Å². The van der Waals surface area contributed by atoms with Crippen LogP contribution in [0.2, 0.25) is 0 Å². The average molecular weight is 467 g/mol. The van der Waals surface area contributed by atoms with Crippen molar-refractivity contribution < 1.29 is 32.2 Å². The first-order valence-electron chi connectivity index (χ1n) is 10.3. The van der Waals surface area contributed by atoms with Crippen LogP contribution in [0.4, 0.5) is 4.39 Å². The molecule has 0 spiro atoms. The van der Waals surface area contributed by atoms with Gasteiger partial charge in [-0.1, -0.05) is 12.1 Å². The molecule has 8 nitrogen and oxygen atoms in total. The summed E-state index contributed by atoms with van der Waals surface area (Å²) in [6, 6.07) is 11.1. The fourth-order valence-corrected chi connectivity index (χ4v) is 4.89. The van der Waals surface area contributed by atoms with Crippen LogP contribution >= 0.6 is 0 Å². The predicted molar refractivity (Wildman–Crippen MR) is 115 cm³/mol. The van der Waals surface area contributed by atoms with Gasteiger partial charge >= 0.3 is 0 Å². The van der Waals surface area contributed by atoms with Crippen LogP contribution in [0.5, 0.6) is 5.75 Å². The molecule has 32 heavy (non-hydrogen) atoms. The summed E-state index contributed by atoms with van der Waals surface area (Å²) in [5.74, 6) is -0.558. The molecular weight excluding hydrogens is 439 g/mol. The van der Waals surface area contributed by atoms with Crippen molar-refractivity contribution in [2.45, 2.75) is 42.4 Å². The maximum atomic E-state index is 13.7. The Bertz CT molecular complexity index is 1020. The van der Waals surface area contributed by atoms with Gasteiger partial charge < -0.3 is 19.9 Å². The number of benzene rings is 2. The zero-order chi connectivity index (χ0) is 23.1. The van der Waals surface area contributed by atoms with E-state index < -0.39 is 33.9 Å². The molecule has 1 amide bonds. The van der Waals surface area contributed by atoms with Gasteiger partial charge in [-0.15, -0.1) is 0 Å². The number of rotatable bonds is 9. The predicted octanol–water partition coefficient (Wildman–Crippen LogP) is 1.84. The molecule has 10 heteroatoms. The first-order chi connectivity index (χ1) is 15.3. The lowest BCUT2D eigenvalue weighted by Gasteiger charge is -2.36.